The number of aliphatic hydroxyl groups excluding tert-OH is 1. The topological polar surface area (TPSA) is 72.4 Å². The minimum Gasteiger partial charge on any atom is -0.386 e. The number of H-pyrrole nitrogens is 1. The number of aromatic amines is 1. The average Bonchev–Trinajstić information content (AvgIpc) is 3.37. The number of aromatic nitrogens is 1. The van der Waals surface area contributed by atoms with E-state index >= 15 is 0 Å². The number of hydrogen-bond acceptors (Lipinski definition) is 3. The van der Waals surface area contributed by atoms with Crippen LogP contribution in [0.15, 0.2) is 65.8 Å². The lowest BCUT2D eigenvalue weighted by Gasteiger charge is -2.14. The number of aryl methyl sites for hydroxylation is 1. The number of aliphatic hydroxyl groups is 1. The van der Waals surface area contributed by atoms with Crippen molar-refractivity contribution in [2.75, 3.05) is 20.1 Å². The summed E-state index contributed by atoms with van der Waals surface area (Å²) in [6.07, 6.45) is 3.54. The largest absolute Gasteiger partial charge is 0.386 e. The molecule has 0 bridgehead atoms. The molecular weight excluding hydrogens is 380 g/mol. The molecule has 0 saturated heterocycles. The van der Waals surface area contributed by atoms with Crippen LogP contribution in [0.1, 0.15) is 23.0 Å². The van der Waals surface area contributed by atoms with Gasteiger partial charge in [0, 0.05) is 46.8 Å². The Kier molecular flexibility index (Phi) is 6.12. The van der Waals surface area contributed by atoms with Crippen LogP contribution in [0.2, 0.25) is 0 Å². The van der Waals surface area contributed by atoms with Crippen LogP contribution in [0, 0.1) is 0 Å². The Morgan fingerprint density at radius 1 is 1.14 bits per heavy atom. The van der Waals surface area contributed by atoms with Gasteiger partial charge in [0.1, 0.15) is 6.10 Å². The SMILES string of the molecule is CN=C(NCCCc1c[nH]c2ccccc12)NCC(O)c1cc2ccccc2s1. The van der Waals surface area contributed by atoms with E-state index < -0.39 is 6.10 Å². The van der Waals surface area contributed by atoms with E-state index in [1.807, 2.05) is 18.2 Å². The first-order valence-electron chi connectivity index (χ1n) is 9.90. The molecule has 1 atom stereocenters. The van der Waals surface area contributed by atoms with E-state index in [2.05, 4.69) is 63.2 Å². The third-order valence-electron chi connectivity index (χ3n) is 5.05. The number of para-hydroxylation sites is 1. The highest BCUT2D eigenvalue weighted by molar-refractivity contribution is 7.19. The van der Waals surface area contributed by atoms with E-state index in [1.54, 1.807) is 18.4 Å². The summed E-state index contributed by atoms with van der Waals surface area (Å²) in [5, 5.41) is 19.5. The Morgan fingerprint density at radius 2 is 1.97 bits per heavy atom. The molecule has 2 heterocycles. The lowest BCUT2D eigenvalue weighted by molar-refractivity contribution is 0.184. The Balaban J connectivity index is 1.24. The summed E-state index contributed by atoms with van der Waals surface area (Å²) in [5.41, 5.74) is 2.52. The highest BCUT2D eigenvalue weighted by Gasteiger charge is 2.12. The van der Waals surface area contributed by atoms with Crippen molar-refractivity contribution in [3.05, 3.63) is 71.2 Å². The van der Waals surface area contributed by atoms with Gasteiger partial charge in [0.05, 0.1) is 0 Å². The highest BCUT2D eigenvalue weighted by atomic mass is 32.1. The Morgan fingerprint density at radius 3 is 2.83 bits per heavy atom. The molecule has 0 fully saturated rings. The molecule has 0 aliphatic rings. The van der Waals surface area contributed by atoms with Crippen molar-refractivity contribution in [1.29, 1.82) is 0 Å². The molecule has 0 aliphatic carbocycles. The number of benzene rings is 2. The fourth-order valence-corrected chi connectivity index (χ4v) is 4.56. The number of nitrogens with one attached hydrogen (secondary N) is 3. The molecule has 0 radical (unpaired) electrons. The molecule has 0 spiro atoms. The van der Waals surface area contributed by atoms with E-state index in [4.69, 9.17) is 0 Å². The first-order valence-corrected chi connectivity index (χ1v) is 10.7. The first kappa shape index (κ1) is 19.5. The van der Waals surface area contributed by atoms with Crippen LogP contribution in [0.5, 0.6) is 0 Å². The van der Waals surface area contributed by atoms with E-state index in [0.29, 0.717) is 12.5 Å². The molecule has 0 saturated carbocycles. The molecule has 150 valence electrons. The molecule has 6 heteroatoms. The van der Waals surface area contributed by atoms with Crippen LogP contribution < -0.4 is 10.6 Å². The molecule has 0 amide bonds. The smallest absolute Gasteiger partial charge is 0.191 e. The number of thiophene rings is 1. The third kappa shape index (κ3) is 4.60. The minimum absolute atomic E-state index is 0.426. The second-order valence-electron chi connectivity index (χ2n) is 7.05. The first-order chi connectivity index (χ1) is 14.2. The standard InChI is InChI=1S/C23H26N4OS/c1-24-23(25-12-6-8-17-14-26-19-10-4-3-9-18(17)19)27-15-20(28)22-13-16-7-2-5-11-21(16)29-22/h2-5,7,9-11,13-14,20,26,28H,6,8,12,15H2,1H3,(H2,24,25,27). The summed E-state index contributed by atoms with van der Waals surface area (Å²) >= 11 is 1.63. The summed E-state index contributed by atoms with van der Waals surface area (Å²) < 4.78 is 1.20. The highest BCUT2D eigenvalue weighted by Crippen LogP contribution is 2.29. The molecule has 0 aliphatic heterocycles. The molecule has 4 aromatic rings. The van der Waals surface area contributed by atoms with Crippen LogP contribution in [-0.2, 0) is 6.42 Å². The van der Waals surface area contributed by atoms with E-state index in [1.165, 1.54) is 26.6 Å². The summed E-state index contributed by atoms with van der Waals surface area (Å²) in [5.74, 6) is 0.712. The van der Waals surface area contributed by atoms with E-state index in [9.17, 15) is 5.11 Å². The van der Waals surface area contributed by atoms with Gasteiger partial charge in [-0.15, -0.1) is 11.3 Å². The quantitative estimate of drug-likeness (QED) is 0.211. The minimum atomic E-state index is -0.558. The summed E-state index contributed by atoms with van der Waals surface area (Å²) in [6.45, 7) is 1.24. The monoisotopic (exact) mass is 406 g/mol. The lowest BCUT2D eigenvalue weighted by atomic mass is 10.1. The maximum absolute atomic E-state index is 10.5. The molecular formula is C23H26N4OS. The van der Waals surface area contributed by atoms with Gasteiger partial charge in [0.15, 0.2) is 5.96 Å². The number of nitrogens with zero attached hydrogens (tertiary/aromatic N) is 1. The molecule has 1 unspecified atom stereocenters. The Hall–Kier alpha value is -2.83. The van der Waals surface area contributed by atoms with Gasteiger partial charge in [-0.2, -0.15) is 0 Å². The van der Waals surface area contributed by atoms with Gasteiger partial charge in [-0.3, -0.25) is 4.99 Å². The number of guanidine groups is 1. The van der Waals surface area contributed by atoms with Crippen molar-refractivity contribution in [2.45, 2.75) is 18.9 Å². The van der Waals surface area contributed by atoms with Crippen molar-refractivity contribution in [2.24, 2.45) is 4.99 Å². The number of fused-ring (bicyclic) bond motifs is 2. The van der Waals surface area contributed by atoms with Crippen molar-refractivity contribution < 1.29 is 5.11 Å². The number of aliphatic imine (C=N–C) groups is 1. The van der Waals surface area contributed by atoms with Gasteiger partial charge >= 0.3 is 0 Å². The normalized spacial score (nSPS) is 13.1. The van der Waals surface area contributed by atoms with Crippen LogP contribution in [0.4, 0.5) is 0 Å². The number of rotatable bonds is 7. The Labute approximate surface area is 174 Å². The van der Waals surface area contributed by atoms with Gasteiger partial charge in [-0.1, -0.05) is 36.4 Å². The van der Waals surface area contributed by atoms with Crippen molar-refractivity contribution in [3.8, 4) is 0 Å². The predicted molar refractivity (Wildman–Crippen MR) is 123 cm³/mol. The fraction of sp³-hybridized carbons (Fsp3) is 0.261. The van der Waals surface area contributed by atoms with Gasteiger partial charge < -0.3 is 20.7 Å². The molecule has 2 aromatic heterocycles. The zero-order chi connectivity index (χ0) is 20.1. The maximum Gasteiger partial charge on any atom is 0.191 e. The van der Waals surface area contributed by atoms with Crippen molar-refractivity contribution >= 4 is 38.3 Å². The average molecular weight is 407 g/mol. The van der Waals surface area contributed by atoms with Crippen LogP contribution in [0.25, 0.3) is 21.0 Å². The summed E-state index contributed by atoms with van der Waals surface area (Å²) in [4.78, 5) is 8.55. The Bertz CT molecular complexity index is 1080. The number of hydrogen-bond donors (Lipinski definition) is 4. The maximum atomic E-state index is 10.5. The second kappa shape index (κ2) is 9.11. The molecule has 4 N–H and O–H groups in total. The molecule has 2 aromatic carbocycles. The predicted octanol–water partition coefficient (Wildman–Crippen LogP) is 4.21. The van der Waals surface area contributed by atoms with Gasteiger partial charge in [-0.25, -0.2) is 0 Å². The van der Waals surface area contributed by atoms with Crippen molar-refractivity contribution in [1.82, 2.24) is 15.6 Å². The van der Waals surface area contributed by atoms with E-state index in [0.717, 1.165) is 24.3 Å². The van der Waals surface area contributed by atoms with Gasteiger partial charge in [0.25, 0.3) is 0 Å². The summed E-state index contributed by atoms with van der Waals surface area (Å²) in [6, 6.07) is 18.6. The summed E-state index contributed by atoms with van der Waals surface area (Å²) in [7, 11) is 1.75. The zero-order valence-corrected chi connectivity index (χ0v) is 17.3. The van der Waals surface area contributed by atoms with Crippen LogP contribution in [-0.4, -0.2) is 36.2 Å². The van der Waals surface area contributed by atoms with Crippen LogP contribution >= 0.6 is 11.3 Å². The lowest BCUT2D eigenvalue weighted by Crippen LogP contribution is -2.39. The molecule has 5 nitrogen and oxygen atoms in total. The van der Waals surface area contributed by atoms with Crippen molar-refractivity contribution in [3.63, 3.8) is 0 Å². The van der Waals surface area contributed by atoms with Gasteiger partial charge in [-0.05, 0) is 42.0 Å². The second-order valence-corrected chi connectivity index (χ2v) is 8.16. The van der Waals surface area contributed by atoms with Gasteiger partial charge in [0.2, 0.25) is 0 Å². The van der Waals surface area contributed by atoms with Crippen LogP contribution in [0.3, 0.4) is 0 Å². The van der Waals surface area contributed by atoms with E-state index in [-0.39, 0.29) is 0 Å². The zero-order valence-electron chi connectivity index (χ0n) is 16.5. The molecule has 29 heavy (non-hydrogen) atoms. The third-order valence-corrected chi connectivity index (χ3v) is 6.27. The molecule has 4 rings (SSSR count). The fourth-order valence-electron chi connectivity index (χ4n) is 3.51.